The van der Waals surface area contributed by atoms with Gasteiger partial charge in [0.15, 0.2) is 0 Å². The SMILES string of the molecule is CCCCCCCCCCCCCCCCNC(=O)CN(CCN(CCN(CC(=O)O)CC(=O)NC(C)CCCCCCCCCCCCCC)CC(=O)O)CC(=O)O. The first-order valence-corrected chi connectivity index (χ1v) is 23.8. The lowest BCUT2D eigenvalue weighted by molar-refractivity contribution is -0.141. The van der Waals surface area contributed by atoms with Crippen molar-refractivity contribution < 1.29 is 39.3 Å². The number of hydrogen-bond acceptors (Lipinski definition) is 8. The lowest BCUT2D eigenvalue weighted by Crippen LogP contribution is -2.48. The first kappa shape index (κ1) is 56.2. The van der Waals surface area contributed by atoms with Crippen LogP contribution in [0.15, 0.2) is 0 Å². The quantitative estimate of drug-likeness (QED) is 0.0372. The molecule has 1 unspecified atom stereocenters. The van der Waals surface area contributed by atoms with E-state index >= 15 is 0 Å². The number of unbranched alkanes of at least 4 members (excludes halogenated alkanes) is 24. The van der Waals surface area contributed by atoms with Gasteiger partial charge < -0.3 is 26.0 Å². The number of carbonyl (C=O) groups is 5. The second-order valence-electron chi connectivity index (χ2n) is 17.0. The molecule has 0 radical (unpaired) electrons. The van der Waals surface area contributed by atoms with Crippen LogP contribution in [0.5, 0.6) is 0 Å². The summed E-state index contributed by atoms with van der Waals surface area (Å²) in [7, 11) is 0. The maximum atomic E-state index is 12.9. The van der Waals surface area contributed by atoms with Gasteiger partial charge in [0.05, 0.1) is 32.7 Å². The number of amides is 2. The van der Waals surface area contributed by atoms with E-state index in [1.54, 1.807) is 4.90 Å². The lowest BCUT2D eigenvalue weighted by atomic mass is 10.0. The third kappa shape index (κ3) is 40.4. The van der Waals surface area contributed by atoms with Crippen LogP contribution in [0.2, 0.25) is 0 Å². The molecule has 0 aliphatic rings. The Labute approximate surface area is 359 Å². The molecule has 0 aliphatic carbocycles. The zero-order valence-corrected chi connectivity index (χ0v) is 38.0. The molecule has 5 N–H and O–H groups in total. The summed E-state index contributed by atoms with van der Waals surface area (Å²) < 4.78 is 0. The molecule has 346 valence electrons. The molecule has 0 fully saturated rings. The number of hydrogen-bond donors (Lipinski definition) is 5. The van der Waals surface area contributed by atoms with Gasteiger partial charge in [0, 0.05) is 38.8 Å². The Morgan fingerprint density at radius 3 is 1.08 bits per heavy atom. The third-order valence-electron chi connectivity index (χ3n) is 11.0. The van der Waals surface area contributed by atoms with E-state index in [1.165, 1.54) is 145 Å². The second kappa shape index (κ2) is 40.6. The first-order valence-electron chi connectivity index (χ1n) is 23.8. The molecule has 0 rings (SSSR count). The molecule has 0 saturated carbocycles. The molecule has 0 aromatic carbocycles. The molecule has 2 amide bonds. The van der Waals surface area contributed by atoms with Crippen molar-refractivity contribution >= 4 is 29.7 Å². The van der Waals surface area contributed by atoms with Crippen LogP contribution in [0.3, 0.4) is 0 Å². The zero-order valence-electron chi connectivity index (χ0n) is 38.0. The highest BCUT2D eigenvalue weighted by molar-refractivity contribution is 5.79. The molecule has 0 bridgehead atoms. The summed E-state index contributed by atoms with van der Waals surface area (Å²) in [5.41, 5.74) is 0. The van der Waals surface area contributed by atoms with Gasteiger partial charge in [0.1, 0.15) is 0 Å². The number of rotatable bonds is 45. The summed E-state index contributed by atoms with van der Waals surface area (Å²) in [4.78, 5) is 65.0. The normalized spacial score (nSPS) is 12.0. The minimum atomic E-state index is -1.10. The number of nitrogens with zero attached hydrogens (tertiary/aromatic N) is 3. The number of carboxylic acid groups (broad SMARTS) is 3. The van der Waals surface area contributed by atoms with Crippen molar-refractivity contribution in [2.24, 2.45) is 0 Å². The maximum Gasteiger partial charge on any atom is 0.317 e. The summed E-state index contributed by atoms with van der Waals surface area (Å²) in [6, 6.07) is -0.0440. The molecule has 0 spiro atoms. The Bertz CT molecular complexity index is 1060. The Hall–Kier alpha value is -2.77. The van der Waals surface area contributed by atoms with Crippen molar-refractivity contribution in [2.45, 2.75) is 200 Å². The van der Waals surface area contributed by atoms with E-state index in [2.05, 4.69) is 24.5 Å². The fraction of sp³-hybridized carbons (Fsp3) is 0.891. The molecular weight excluding hydrogens is 751 g/mol. The van der Waals surface area contributed by atoms with Crippen LogP contribution in [0.1, 0.15) is 194 Å². The molecule has 0 aromatic heterocycles. The number of aliphatic carboxylic acids is 3. The number of carboxylic acids is 3. The highest BCUT2D eigenvalue weighted by atomic mass is 16.4. The van der Waals surface area contributed by atoms with E-state index in [0.29, 0.717) is 6.54 Å². The van der Waals surface area contributed by atoms with Gasteiger partial charge in [0.25, 0.3) is 0 Å². The molecule has 13 nitrogen and oxygen atoms in total. The molecule has 1 atom stereocenters. The van der Waals surface area contributed by atoms with E-state index in [0.717, 1.165) is 38.5 Å². The van der Waals surface area contributed by atoms with Crippen molar-refractivity contribution in [3.8, 4) is 0 Å². The van der Waals surface area contributed by atoms with Gasteiger partial charge in [-0.3, -0.25) is 38.7 Å². The predicted octanol–water partition coefficient (Wildman–Crippen LogP) is 8.34. The number of carbonyl (C=O) groups excluding carboxylic acids is 2. The predicted molar refractivity (Wildman–Crippen MR) is 239 cm³/mol. The van der Waals surface area contributed by atoms with Crippen LogP contribution in [0.25, 0.3) is 0 Å². The molecule has 0 aromatic rings. The summed E-state index contributed by atoms with van der Waals surface area (Å²) in [5.74, 6) is -3.84. The topological polar surface area (TPSA) is 180 Å². The van der Waals surface area contributed by atoms with Crippen LogP contribution in [0.4, 0.5) is 0 Å². The van der Waals surface area contributed by atoms with E-state index in [4.69, 9.17) is 0 Å². The molecular formula is C46H89N5O8. The summed E-state index contributed by atoms with van der Waals surface area (Å²) in [6.07, 6.45) is 33.5. The molecule has 0 heterocycles. The lowest BCUT2D eigenvalue weighted by Gasteiger charge is -2.28. The van der Waals surface area contributed by atoms with Gasteiger partial charge in [-0.05, 0) is 19.8 Å². The Kier molecular flexibility index (Phi) is 38.7. The molecule has 0 saturated heterocycles. The fourth-order valence-electron chi connectivity index (χ4n) is 7.53. The van der Waals surface area contributed by atoms with E-state index in [1.807, 2.05) is 6.92 Å². The largest absolute Gasteiger partial charge is 0.480 e. The van der Waals surface area contributed by atoms with Crippen molar-refractivity contribution in [2.75, 3.05) is 65.4 Å². The van der Waals surface area contributed by atoms with E-state index in [9.17, 15) is 39.3 Å². The Morgan fingerprint density at radius 2 is 0.712 bits per heavy atom. The van der Waals surface area contributed by atoms with Gasteiger partial charge >= 0.3 is 17.9 Å². The zero-order chi connectivity index (χ0) is 43.8. The first-order chi connectivity index (χ1) is 28.5. The van der Waals surface area contributed by atoms with Crippen LogP contribution < -0.4 is 10.6 Å². The summed E-state index contributed by atoms with van der Waals surface area (Å²) in [5, 5.41) is 34.4. The minimum absolute atomic E-state index is 0.0440. The van der Waals surface area contributed by atoms with Gasteiger partial charge in [-0.2, -0.15) is 0 Å². The maximum absolute atomic E-state index is 12.9. The van der Waals surface area contributed by atoms with Crippen LogP contribution >= 0.6 is 0 Å². The fourth-order valence-corrected chi connectivity index (χ4v) is 7.53. The smallest absolute Gasteiger partial charge is 0.317 e. The summed E-state index contributed by atoms with van der Waals surface area (Å²) >= 11 is 0. The highest BCUT2D eigenvalue weighted by Gasteiger charge is 2.20. The molecule has 59 heavy (non-hydrogen) atoms. The average molecular weight is 840 g/mol. The monoisotopic (exact) mass is 840 g/mol. The average Bonchev–Trinajstić information content (AvgIpc) is 3.17. The minimum Gasteiger partial charge on any atom is -0.480 e. The standard InChI is InChI=1S/C46H89N5O8/c1-4-6-8-10-12-14-16-18-19-21-23-25-27-29-31-47-42(52)36-50(39-45(56)57)34-32-49(38-44(54)55)33-35-51(40-46(58)59)37-43(53)48-41(3)30-28-26-24-22-20-17-15-13-11-9-7-5-2/h41H,4-40H2,1-3H3,(H,47,52)(H,48,53)(H,54,55)(H,56,57)(H,58,59). The van der Waals surface area contributed by atoms with Crippen molar-refractivity contribution in [1.82, 2.24) is 25.3 Å². The van der Waals surface area contributed by atoms with Gasteiger partial charge in [-0.25, -0.2) is 0 Å². The van der Waals surface area contributed by atoms with Crippen molar-refractivity contribution in [1.29, 1.82) is 0 Å². The third-order valence-corrected chi connectivity index (χ3v) is 11.0. The van der Waals surface area contributed by atoms with Gasteiger partial charge in [0.2, 0.25) is 11.8 Å². The van der Waals surface area contributed by atoms with Gasteiger partial charge in [-0.15, -0.1) is 0 Å². The van der Waals surface area contributed by atoms with E-state index < -0.39 is 17.9 Å². The molecule has 0 aliphatic heterocycles. The van der Waals surface area contributed by atoms with Crippen LogP contribution in [0, 0.1) is 0 Å². The number of nitrogens with one attached hydrogen (secondary N) is 2. The summed E-state index contributed by atoms with van der Waals surface area (Å²) in [6.45, 7) is 6.13. The van der Waals surface area contributed by atoms with E-state index in [-0.39, 0.29) is 76.8 Å². The van der Waals surface area contributed by atoms with Crippen LogP contribution in [-0.4, -0.2) is 131 Å². The highest BCUT2D eigenvalue weighted by Crippen LogP contribution is 2.14. The molecule has 13 heteroatoms. The second-order valence-corrected chi connectivity index (χ2v) is 17.0. The Balaban J connectivity index is 4.56. The van der Waals surface area contributed by atoms with Crippen molar-refractivity contribution in [3.63, 3.8) is 0 Å². The van der Waals surface area contributed by atoms with Crippen LogP contribution in [-0.2, 0) is 24.0 Å². The Morgan fingerprint density at radius 1 is 0.407 bits per heavy atom. The van der Waals surface area contributed by atoms with Crippen molar-refractivity contribution in [3.05, 3.63) is 0 Å². The van der Waals surface area contributed by atoms with Gasteiger partial charge in [-0.1, -0.05) is 174 Å².